The Morgan fingerprint density at radius 1 is 1.03 bits per heavy atom. The first-order chi connectivity index (χ1) is 15.2. The first-order valence-corrected chi connectivity index (χ1v) is 11.6. The number of ether oxygens (including phenoxy) is 1. The summed E-state index contributed by atoms with van der Waals surface area (Å²) in [5.74, 6) is 0.0143. The van der Waals surface area contributed by atoms with Crippen molar-refractivity contribution in [2.24, 2.45) is 5.92 Å². The molecule has 1 atom stereocenters. The summed E-state index contributed by atoms with van der Waals surface area (Å²) in [6, 6.07) is 10.4. The van der Waals surface area contributed by atoms with Crippen LogP contribution in [0.15, 0.2) is 30.3 Å². The van der Waals surface area contributed by atoms with Crippen molar-refractivity contribution < 1.29 is 14.3 Å². The standard InChI is InChI=1S/C25H34N4O3/c1-18-16-22(20-9-5-6-10-21(20)26-18)27-12-14-28(15-13-27)23(30)19-8-7-11-29(17-19)24(31)32-25(2,3)4/h5-6,9-10,16,19H,7-8,11-15,17H2,1-4H3/t19-/m1/s1. The number of likely N-dealkylation sites (tertiary alicyclic amines) is 1. The first-order valence-electron chi connectivity index (χ1n) is 11.6. The van der Waals surface area contributed by atoms with Crippen LogP contribution < -0.4 is 4.90 Å². The summed E-state index contributed by atoms with van der Waals surface area (Å²) in [6.45, 7) is 11.7. The van der Waals surface area contributed by atoms with Crippen LogP contribution in [-0.2, 0) is 9.53 Å². The van der Waals surface area contributed by atoms with Crippen LogP contribution in [0.4, 0.5) is 10.5 Å². The molecule has 32 heavy (non-hydrogen) atoms. The van der Waals surface area contributed by atoms with Gasteiger partial charge in [-0.3, -0.25) is 9.78 Å². The van der Waals surface area contributed by atoms with Crippen molar-refractivity contribution in [2.75, 3.05) is 44.2 Å². The number of aromatic nitrogens is 1. The highest BCUT2D eigenvalue weighted by Crippen LogP contribution is 2.28. The Labute approximate surface area is 190 Å². The summed E-state index contributed by atoms with van der Waals surface area (Å²) in [6.07, 6.45) is 1.34. The van der Waals surface area contributed by atoms with E-state index in [0.717, 1.165) is 42.5 Å². The number of piperazine rings is 1. The van der Waals surface area contributed by atoms with Crippen molar-refractivity contribution in [3.8, 4) is 0 Å². The number of hydrogen-bond acceptors (Lipinski definition) is 5. The number of fused-ring (bicyclic) bond motifs is 1. The molecule has 0 unspecified atom stereocenters. The molecule has 2 aromatic rings. The zero-order valence-corrected chi connectivity index (χ0v) is 19.6. The molecular formula is C25H34N4O3. The molecule has 0 saturated carbocycles. The van der Waals surface area contributed by atoms with Crippen molar-refractivity contribution in [3.63, 3.8) is 0 Å². The van der Waals surface area contributed by atoms with E-state index in [2.05, 4.69) is 22.0 Å². The highest BCUT2D eigenvalue weighted by molar-refractivity contribution is 5.92. The SMILES string of the molecule is Cc1cc(N2CCN(C(=O)[C@@H]3CCCN(C(=O)OC(C)(C)C)C3)CC2)c2ccccc2n1. The third kappa shape index (κ3) is 4.97. The zero-order valence-electron chi connectivity index (χ0n) is 19.6. The van der Waals surface area contributed by atoms with Crippen LogP contribution >= 0.6 is 0 Å². The normalized spacial score (nSPS) is 19.9. The van der Waals surface area contributed by atoms with Crippen LogP contribution in [0.2, 0.25) is 0 Å². The number of pyridine rings is 1. The number of amides is 2. The Morgan fingerprint density at radius 3 is 2.47 bits per heavy atom. The predicted octanol–water partition coefficient (Wildman–Crippen LogP) is 3.84. The summed E-state index contributed by atoms with van der Waals surface area (Å²) in [4.78, 5) is 36.4. The van der Waals surface area contributed by atoms with Crippen molar-refractivity contribution in [1.29, 1.82) is 0 Å². The van der Waals surface area contributed by atoms with Gasteiger partial charge in [0.1, 0.15) is 5.60 Å². The molecule has 2 aliphatic rings. The summed E-state index contributed by atoms with van der Waals surface area (Å²) >= 11 is 0. The second-order valence-electron chi connectivity index (χ2n) is 9.88. The number of hydrogen-bond donors (Lipinski definition) is 0. The first kappa shape index (κ1) is 22.4. The molecule has 2 aliphatic heterocycles. The van der Waals surface area contributed by atoms with Crippen LogP contribution in [0, 0.1) is 12.8 Å². The van der Waals surface area contributed by atoms with Crippen LogP contribution in [0.3, 0.4) is 0 Å². The Hall–Kier alpha value is -2.83. The third-order valence-electron chi connectivity index (χ3n) is 6.18. The molecule has 2 saturated heterocycles. The van der Waals surface area contributed by atoms with Gasteiger partial charge in [-0.15, -0.1) is 0 Å². The Morgan fingerprint density at radius 2 is 1.75 bits per heavy atom. The summed E-state index contributed by atoms with van der Waals surface area (Å²) in [5.41, 5.74) is 2.67. The van der Waals surface area contributed by atoms with E-state index in [9.17, 15) is 9.59 Å². The van der Waals surface area contributed by atoms with Gasteiger partial charge in [-0.05, 0) is 52.7 Å². The maximum Gasteiger partial charge on any atom is 0.410 e. The molecule has 1 aromatic heterocycles. The molecule has 0 spiro atoms. The average molecular weight is 439 g/mol. The fourth-order valence-electron chi connectivity index (χ4n) is 4.64. The van der Waals surface area contributed by atoms with Gasteiger partial charge in [0.25, 0.3) is 0 Å². The number of piperidine rings is 1. The van der Waals surface area contributed by atoms with Crippen LogP contribution in [0.5, 0.6) is 0 Å². The molecule has 2 amide bonds. The van der Waals surface area contributed by atoms with Gasteiger partial charge >= 0.3 is 6.09 Å². The largest absolute Gasteiger partial charge is 0.444 e. The highest BCUT2D eigenvalue weighted by Gasteiger charge is 2.34. The third-order valence-corrected chi connectivity index (χ3v) is 6.18. The minimum absolute atomic E-state index is 0.146. The molecule has 0 N–H and O–H groups in total. The van der Waals surface area contributed by atoms with Crippen molar-refractivity contribution >= 4 is 28.6 Å². The number of rotatable bonds is 2. The number of para-hydroxylation sites is 1. The van der Waals surface area contributed by atoms with Crippen LogP contribution in [0.25, 0.3) is 10.9 Å². The zero-order chi connectivity index (χ0) is 22.9. The number of carbonyl (C=O) groups excluding carboxylic acids is 2. The van der Waals surface area contributed by atoms with E-state index in [0.29, 0.717) is 26.2 Å². The number of aryl methyl sites for hydroxylation is 1. The van der Waals surface area contributed by atoms with Crippen molar-refractivity contribution in [1.82, 2.24) is 14.8 Å². The lowest BCUT2D eigenvalue weighted by molar-refractivity contribution is -0.137. The number of nitrogens with zero attached hydrogens (tertiary/aromatic N) is 4. The lowest BCUT2D eigenvalue weighted by Crippen LogP contribution is -2.53. The van der Waals surface area contributed by atoms with Crippen molar-refractivity contribution in [2.45, 2.75) is 46.1 Å². The molecule has 1 aromatic carbocycles. The second kappa shape index (κ2) is 8.96. The fraction of sp³-hybridized carbons (Fsp3) is 0.560. The fourth-order valence-corrected chi connectivity index (χ4v) is 4.64. The van der Waals surface area contributed by atoms with Gasteiger partial charge in [0, 0.05) is 56.0 Å². The summed E-state index contributed by atoms with van der Waals surface area (Å²) in [7, 11) is 0. The maximum atomic E-state index is 13.2. The Kier molecular flexibility index (Phi) is 6.26. The van der Waals surface area contributed by atoms with Gasteiger partial charge in [0.15, 0.2) is 0 Å². The van der Waals surface area contributed by atoms with E-state index in [-0.39, 0.29) is 17.9 Å². The van der Waals surface area contributed by atoms with E-state index >= 15 is 0 Å². The minimum Gasteiger partial charge on any atom is -0.444 e. The van der Waals surface area contributed by atoms with E-state index in [1.54, 1.807) is 4.90 Å². The average Bonchev–Trinajstić information content (AvgIpc) is 2.77. The van der Waals surface area contributed by atoms with Gasteiger partial charge in [-0.1, -0.05) is 18.2 Å². The molecule has 7 nitrogen and oxygen atoms in total. The number of benzene rings is 1. The molecule has 7 heteroatoms. The molecule has 0 aliphatic carbocycles. The molecule has 3 heterocycles. The van der Waals surface area contributed by atoms with Crippen LogP contribution in [0.1, 0.15) is 39.3 Å². The number of anilines is 1. The molecule has 2 fully saturated rings. The molecule has 4 rings (SSSR count). The van der Waals surface area contributed by atoms with Crippen LogP contribution in [-0.4, -0.2) is 71.7 Å². The van der Waals surface area contributed by atoms with Gasteiger partial charge in [-0.2, -0.15) is 0 Å². The summed E-state index contributed by atoms with van der Waals surface area (Å²) < 4.78 is 5.51. The van der Waals surface area contributed by atoms with Gasteiger partial charge in [0.2, 0.25) is 5.91 Å². The minimum atomic E-state index is -0.528. The lowest BCUT2D eigenvalue weighted by Gasteiger charge is -2.40. The predicted molar refractivity (Wildman–Crippen MR) is 126 cm³/mol. The van der Waals surface area contributed by atoms with Gasteiger partial charge in [-0.25, -0.2) is 4.79 Å². The van der Waals surface area contributed by atoms with Gasteiger partial charge < -0.3 is 19.4 Å². The molecule has 0 bridgehead atoms. The Bertz CT molecular complexity index is 992. The second-order valence-corrected chi connectivity index (χ2v) is 9.88. The number of carbonyl (C=O) groups is 2. The van der Waals surface area contributed by atoms with E-state index < -0.39 is 5.60 Å². The highest BCUT2D eigenvalue weighted by atomic mass is 16.6. The van der Waals surface area contributed by atoms with Crippen molar-refractivity contribution in [3.05, 3.63) is 36.0 Å². The summed E-state index contributed by atoms with van der Waals surface area (Å²) in [5, 5.41) is 1.15. The quantitative estimate of drug-likeness (QED) is 0.713. The lowest BCUT2D eigenvalue weighted by atomic mass is 9.96. The topological polar surface area (TPSA) is 66.0 Å². The smallest absolute Gasteiger partial charge is 0.410 e. The van der Waals surface area contributed by atoms with E-state index in [1.807, 2.05) is 50.8 Å². The van der Waals surface area contributed by atoms with E-state index in [1.165, 1.54) is 5.69 Å². The van der Waals surface area contributed by atoms with E-state index in [4.69, 9.17) is 4.74 Å². The van der Waals surface area contributed by atoms with Gasteiger partial charge in [0.05, 0.1) is 11.4 Å². The Balaban J connectivity index is 1.38. The molecule has 0 radical (unpaired) electrons. The monoisotopic (exact) mass is 438 g/mol. The maximum absolute atomic E-state index is 13.2. The molecular weight excluding hydrogens is 404 g/mol. The molecule has 172 valence electrons.